The molecule has 1 aliphatic heterocycles. The fourth-order valence-electron chi connectivity index (χ4n) is 3.10. The molecule has 9 heteroatoms. The number of rotatable bonds is 4. The maximum absolute atomic E-state index is 13.0. The number of benzene rings is 2. The Balaban J connectivity index is 1.84. The van der Waals surface area contributed by atoms with Gasteiger partial charge in [-0.1, -0.05) is 29.3 Å². The van der Waals surface area contributed by atoms with Gasteiger partial charge in [0.25, 0.3) is 5.91 Å². The van der Waals surface area contributed by atoms with Crippen molar-refractivity contribution < 1.29 is 17.9 Å². The summed E-state index contributed by atoms with van der Waals surface area (Å²) in [4.78, 5) is 12.6. The number of hydrogen-bond acceptors (Lipinski definition) is 4. The van der Waals surface area contributed by atoms with Gasteiger partial charge in [0, 0.05) is 34.4 Å². The number of carbonyl (C=O) groups is 1. The highest BCUT2D eigenvalue weighted by Crippen LogP contribution is 2.24. The van der Waals surface area contributed by atoms with Crippen LogP contribution < -0.4 is 5.32 Å². The van der Waals surface area contributed by atoms with Crippen LogP contribution in [0, 0.1) is 0 Å². The molecule has 0 aliphatic carbocycles. The van der Waals surface area contributed by atoms with Crippen molar-refractivity contribution in [2.75, 3.05) is 18.4 Å². The number of hydrogen-bond donors (Lipinski definition) is 1. The maximum Gasteiger partial charge on any atom is 0.255 e. The fraction of sp³-hybridized carbons (Fsp3) is 0.316. The molecule has 2 aromatic rings. The molecule has 1 amide bonds. The standard InChI is InChI=1S/C19H20Cl2N2O4S/c1-12-10-23(11-13(2)27-12)28(25,26)18-5-3-4-14(6-18)19(24)22-17-8-15(20)7-16(21)9-17/h3-9,12-13H,10-11H2,1-2H3,(H,22,24)/t12-,13+. The van der Waals surface area contributed by atoms with Gasteiger partial charge in [0.05, 0.1) is 17.1 Å². The molecule has 150 valence electrons. The molecule has 6 nitrogen and oxygen atoms in total. The number of carbonyl (C=O) groups excluding carboxylic acids is 1. The Kier molecular flexibility index (Phi) is 6.31. The van der Waals surface area contributed by atoms with Crippen LogP contribution in [0.5, 0.6) is 0 Å². The summed E-state index contributed by atoms with van der Waals surface area (Å²) in [6.45, 7) is 4.20. The van der Waals surface area contributed by atoms with E-state index in [-0.39, 0.29) is 35.8 Å². The van der Waals surface area contributed by atoms with E-state index >= 15 is 0 Å². The lowest BCUT2D eigenvalue weighted by Gasteiger charge is -2.34. The summed E-state index contributed by atoms with van der Waals surface area (Å²) in [5.41, 5.74) is 0.637. The molecule has 2 atom stereocenters. The van der Waals surface area contributed by atoms with Gasteiger partial charge in [0.2, 0.25) is 10.0 Å². The summed E-state index contributed by atoms with van der Waals surface area (Å²) in [5, 5.41) is 3.44. The lowest BCUT2D eigenvalue weighted by molar-refractivity contribution is -0.0440. The molecule has 0 saturated carbocycles. The zero-order valence-corrected chi connectivity index (χ0v) is 17.7. The van der Waals surface area contributed by atoms with E-state index in [1.165, 1.54) is 16.4 Å². The summed E-state index contributed by atoms with van der Waals surface area (Å²) in [6.07, 6.45) is -0.393. The number of nitrogens with zero attached hydrogens (tertiary/aromatic N) is 1. The van der Waals surface area contributed by atoms with Crippen LogP contribution in [0.25, 0.3) is 0 Å². The number of anilines is 1. The minimum Gasteiger partial charge on any atom is -0.373 e. The van der Waals surface area contributed by atoms with Crippen molar-refractivity contribution in [2.24, 2.45) is 0 Å². The van der Waals surface area contributed by atoms with Gasteiger partial charge in [0.1, 0.15) is 0 Å². The predicted octanol–water partition coefficient (Wildman–Crippen LogP) is 4.04. The number of ether oxygens (including phenoxy) is 1. The maximum atomic E-state index is 13.0. The molecule has 1 saturated heterocycles. The molecule has 1 heterocycles. The number of morpholine rings is 1. The van der Waals surface area contributed by atoms with E-state index in [1.54, 1.807) is 30.3 Å². The predicted molar refractivity (Wildman–Crippen MR) is 110 cm³/mol. The highest BCUT2D eigenvalue weighted by atomic mass is 35.5. The first kappa shape index (κ1) is 21.1. The minimum atomic E-state index is -3.74. The average Bonchev–Trinajstić information content (AvgIpc) is 2.60. The summed E-state index contributed by atoms with van der Waals surface area (Å²) in [7, 11) is -3.74. The third kappa shape index (κ3) is 4.85. The van der Waals surface area contributed by atoms with Crippen molar-refractivity contribution in [1.82, 2.24) is 4.31 Å². The summed E-state index contributed by atoms with van der Waals surface area (Å²) in [6, 6.07) is 10.6. The molecule has 0 bridgehead atoms. The monoisotopic (exact) mass is 442 g/mol. The molecule has 28 heavy (non-hydrogen) atoms. The second kappa shape index (κ2) is 8.39. The van der Waals surface area contributed by atoms with Crippen LogP contribution in [0.4, 0.5) is 5.69 Å². The molecule has 3 rings (SSSR count). The second-order valence-corrected chi connectivity index (χ2v) is 9.53. The third-order valence-corrected chi connectivity index (χ3v) is 6.50. The highest BCUT2D eigenvalue weighted by molar-refractivity contribution is 7.89. The van der Waals surface area contributed by atoms with Crippen molar-refractivity contribution in [3.05, 3.63) is 58.1 Å². The molecule has 2 aromatic carbocycles. The van der Waals surface area contributed by atoms with Crippen LogP contribution in [0.15, 0.2) is 47.4 Å². The van der Waals surface area contributed by atoms with Crippen LogP contribution in [-0.4, -0.2) is 43.9 Å². The molecule has 0 unspecified atom stereocenters. The van der Waals surface area contributed by atoms with Crippen molar-refractivity contribution in [2.45, 2.75) is 31.0 Å². The summed E-state index contributed by atoms with van der Waals surface area (Å²) >= 11 is 11.9. The van der Waals surface area contributed by atoms with E-state index in [4.69, 9.17) is 27.9 Å². The highest BCUT2D eigenvalue weighted by Gasteiger charge is 2.32. The first-order valence-electron chi connectivity index (χ1n) is 8.68. The van der Waals surface area contributed by atoms with Crippen molar-refractivity contribution in [3.63, 3.8) is 0 Å². The van der Waals surface area contributed by atoms with Crippen LogP contribution in [0.3, 0.4) is 0 Å². The first-order chi connectivity index (χ1) is 13.1. The summed E-state index contributed by atoms with van der Waals surface area (Å²) in [5.74, 6) is -0.459. The van der Waals surface area contributed by atoms with E-state index in [2.05, 4.69) is 5.32 Å². The Labute approximate surface area is 174 Å². The van der Waals surface area contributed by atoms with Gasteiger partial charge >= 0.3 is 0 Å². The fourth-order valence-corrected chi connectivity index (χ4v) is 5.27. The largest absolute Gasteiger partial charge is 0.373 e. The lowest BCUT2D eigenvalue weighted by atomic mass is 10.2. The SMILES string of the molecule is C[C@@H]1CN(S(=O)(=O)c2cccc(C(=O)Nc3cc(Cl)cc(Cl)c3)c2)C[C@H](C)O1. The molecule has 1 aliphatic rings. The van der Waals surface area contributed by atoms with Gasteiger partial charge in [-0.25, -0.2) is 8.42 Å². The zero-order chi connectivity index (χ0) is 20.5. The van der Waals surface area contributed by atoms with E-state index < -0.39 is 15.9 Å². The topological polar surface area (TPSA) is 75.7 Å². The lowest BCUT2D eigenvalue weighted by Crippen LogP contribution is -2.48. The molecule has 1 fully saturated rings. The Morgan fingerprint density at radius 3 is 2.29 bits per heavy atom. The van der Waals surface area contributed by atoms with Gasteiger partial charge in [-0.05, 0) is 50.2 Å². The normalized spacial score (nSPS) is 20.7. The number of amides is 1. The molecule has 0 aromatic heterocycles. The third-order valence-electron chi connectivity index (χ3n) is 4.24. The Hall–Kier alpha value is -1.64. The van der Waals surface area contributed by atoms with Crippen LogP contribution in [0.1, 0.15) is 24.2 Å². The van der Waals surface area contributed by atoms with Gasteiger partial charge in [-0.2, -0.15) is 4.31 Å². The second-order valence-electron chi connectivity index (χ2n) is 6.72. The average molecular weight is 443 g/mol. The van der Waals surface area contributed by atoms with E-state index in [9.17, 15) is 13.2 Å². The minimum absolute atomic E-state index is 0.0607. The van der Waals surface area contributed by atoms with Gasteiger partial charge < -0.3 is 10.1 Å². The van der Waals surface area contributed by atoms with Crippen LogP contribution >= 0.6 is 23.2 Å². The van der Waals surface area contributed by atoms with E-state index in [1.807, 2.05) is 13.8 Å². The first-order valence-corrected chi connectivity index (χ1v) is 10.9. The molecular formula is C19H20Cl2N2O4S. The number of nitrogens with one attached hydrogen (secondary N) is 1. The van der Waals surface area contributed by atoms with E-state index in [0.29, 0.717) is 15.7 Å². The zero-order valence-electron chi connectivity index (χ0n) is 15.4. The molecule has 0 radical (unpaired) electrons. The number of halogens is 2. The Bertz CT molecular complexity index is 967. The molecule has 0 spiro atoms. The van der Waals surface area contributed by atoms with Crippen LogP contribution in [-0.2, 0) is 14.8 Å². The van der Waals surface area contributed by atoms with Gasteiger partial charge in [0.15, 0.2) is 0 Å². The Morgan fingerprint density at radius 1 is 1.07 bits per heavy atom. The van der Waals surface area contributed by atoms with E-state index in [0.717, 1.165) is 0 Å². The Morgan fingerprint density at radius 2 is 1.68 bits per heavy atom. The van der Waals surface area contributed by atoms with Crippen LogP contribution in [0.2, 0.25) is 10.0 Å². The molecule has 1 N–H and O–H groups in total. The van der Waals surface area contributed by atoms with Crippen molar-refractivity contribution >= 4 is 44.8 Å². The van der Waals surface area contributed by atoms with Gasteiger partial charge in [-0.3, -0.25) is 4.79 Å². The number of sulfonamides is 1. The van der Waals surface area contributed by atoms with Crippen molar-refractivity contribution in [3.8, 4) is 0 Å². The molecular weight excluding hydrogens is 423 g/mol. The smallest absolute Gasteiger partial charge is 0.255 e. The van der Waals surface area contributed by atoms with Gasteiger partial charge in [-0.15, -0.1) is 0 Å². The quantitative estimate of drug-likeness (QED) is 0.774. The summed E-state index contributed by atoms with van der Waals surface area (Å²) < 4.78 is 33.0. The van der Waals surface area contributed by atoms with Crippen molar-refractivity contribution in [1.29, 1.82) is 0 Å².